The third-order valence-corrected chi connectivity index (χ3v) is 5.82. The molecule has 0 aliphatic carbocycles. The molecule has 0 saturated carbocycles. The van der Waals surface area contributed by atoms with Gasteiger partial charge in [0.15, 0.2) is 5.17 Å². The maximum atomic E-state index is 12.5. The third kappa shape index (κ3) is 5.06. The van der Waals surface area contributed by atoms with E-state index in [1.54, 1.807) is 6.08 Å². The highest BCUT2D eigenvalue weighted by Gasteiger charge is 2.25. The predicted molar refractivity (Wildman–Crippen MR) is 130 cm³/mol. The van der Waals surface area contributed by atoms with Crippen molar-refractivity contribution < 1.29 is 14.6 Å². The SMILES string of the molecule is CC(C)Oc1c(C#N)cnc2ccc(/C=C3\SC(=N[C@@H](CO)c4ccccc4)NC3=O)cc12. The minimum atomic E-state index is -0.458. The summed E-state index contributed by atoms with van der Waals surface area (Å²) in [6.45, 7) is 3.63. The lowest BCUT2D eigenvalue weighted by Crippen LogP contribution is -2.21. The zero-order valence-corrected chi connectivity index (χ0v) is 19.0. The second-order valence-electron chi connectivity index (χ2n) is 7.66. The Bertz CT molecular complexity index is 1300. The van der Waals surface area contributed by atoms with Gasteiger partial charge in [0.1, 0.15) is 23.4 Å². The highest BCUT2D eigenvalue weighted by Crippen LogP contribution is 2.32. The molecular formula is C25H22N4O3S. The number of hydrogen-bond donors (Lipinski definition) is 2. The van der Waals surface area contributed by atoms with Crippen molar-refractivity contribution in [2.75, 3.05) is 6.61 Å². The second kappa shape index (κ2) is 9.86. The molecule has 1 aromatic heterocycles. The van der Waals surface area contributed by atoms with Crippen LogP contribution in [0.1, 0.15) is 36.6 Å². The van der Waals surface area contributed by atoms with Gasteiger partial charge in [0.25, 0.3) is 5.91 Å². The summed E-state index contributed by atoms with van der Waals surface area (Å²) < 4.78 is 5.90. The fourth-order valence-electron chi connectivity index (χ4n) is 3.40. The first-order valence-corrected chi connectivity index (χ1v) is 11.2. The first kappa shape index (κ1) is 22.5. The number of benzene rings is 2. The van der Waals surface area contributed by atoms with Crippen LogP contribution < -0.4 is 10.1 Å². The Morgan fingerprint density at radius 1 is 1.27 bits per heavy atom. The summed E-state index contributed by atoms with van der Waals surface area (Å²) in [6, 6.07) is 16.7. The number of hydrogen-bond acceptors (Lipinski definition) is 7. The van der Waals surface area contributed by atoms with E-state index in [9.17, 15) is 15.2 Å². The number of amidine groups is 1. The Balaban J connectivity index is 1.65. The van der Waals surface area contributed by atoms with Gasteiger partial charge in [-0.2, -0.15) is 5.26 Å². The van der Waals surface area contributed by atoms with Gasteiger partial charge in [0.05, 0.1) is 23.1 Å². The van der Waals surface area contributed by atoms with Crippen molar-refractivity contribution in [3.8, 4) is 11.8 Å². The molecule has 1 aliphatic heterocycles. The quantitative estimate of drug-likeness (QED) is 0.537. The number of thioether (sulfide) groups is 1. The van der Waals surface area contributed by atoms with E-state index in [-0.39, 0.29) is 18.6 Å². The smallest absolute Gasteiger partial charge is 0.264 e. The van der Waals surface area contributed by atoms with Crippen molar-refractivity contribution in [3.63, 3.8) is 0 Å². The van der Waals surface area contributed by atoms with Crippen LogP contribution in [-0.2, 0) is 4.79 Å². The van der Waals surface area contributed by atoms with Gasteiger partial charge < -0.3 is 15.2 Å². The second-order valence-corrected chi connectivity index (χ2v) is 8.69. The van der Waals surface area contributed by atoms with Gasteiger partial charge in [-0.15, -0.1) is 0 Å². The molecule has 0 unspecified atom stereocenters. The van der Waals surface area contributed by atoms with Crippen LogP contribution in [0, 0.1) is 11.3 Å². The van der Waals surface area contributed by atoms with E-state index >= 15 is 0 Å². The Kier molecular flexibility index (Phi) is 6.73. The highest BCUT2D eigenvalue weighted by molar-refractivity contribution is 8.18. The van der Waals surface area contributed by atoms with Crippen LogP contribution in [-0.4, -0.2) is 33.9 Å². The molecule has 2 heterocycles. The molecule has 8 heteroatoms. The molecule has 4 rings (SSSR count). The average Bonchev–Trinajstić information content (AvgIpc) is 3.16. The largest absolute Gasteiger partial charge is 0.489 e. The van der Waals surface area contributed by atoms with Gasteiger partial charge in [-0.25, -0.2) is 0 Å². The number of rotatable bonds is 6. The molecular weight excluding hydrogens is 436 g/mol. The maximum Gasteiger partial charge on any atom is 0.264 e. The summed E-state index contributed by atoms with van der Waals surface area (Å²) in [5.41, 5.74) is 2.70. The van der Waals surface area contributed by atoms with E-state index in [0.29, 0.717) is 32.3 Å². The number of nitriles is 1. The molecule has 2 aromatic carbocycles. The van der Waals surface area contributed by atoms with Gasteiger partial charge in [-0.3, -0.25) is 14.8 Å². The Labute approximate surface area is 195 Å². The van der Waals surface area contributed by atoms with Crippen LogP contribution in [0.3, 0.4) is 0 Å². The molecule has 1 fully saturated rings. The van der Waals surface area contributed by atoms with Crippen LogP contribution >= 0.6 is 11.8 Å². The van der Waals surface area contributed by atoms with Crippen molar-refractivity contribution in [3.05, 3.63) is 76.3 Å². The zero-order chi connectivity index (χ0) is 23.4. The summed E-state index contributed by atoms with van der Waals surface area (Å²) in [4.78, 5) is 21.9. The molecule has 7 nitrogen and oxygen atoms in total. The molecule has 0 bridgehead atoms. The van der Waals surface area contributed by atoms with Gasteiger partial charge in [0, 0.05) is 11.6 Å². The highest BCUT2D eigenvalue weighted by atomic mass is 32.2. The molecule has 2 N–H and O–H groups in total. The summed E-state index contributed by atoms with van der Waals surface area (Å²) in [6.07, 6.45) is 3.16. The summed E-state index contributed by atoms with van der Waals surface area (Å²) in [7, 11) is 0. The van der Waals surface area contributed by atoms with Crippen LogP contribution in [0.15, 0.2) is 64.6 Å². The lowest BCUT2D eigenvalue weighted by Gasteiger charge is -2.14. The van der Waals surface area contributed by atoms with E-state index in [1.165, 1.54) is 18.0 Å². The molecule has 166 valence electrons. The number of amides is 1. The molecule has 33 heavy (non-hydrogen) atoms. The monoisotopic (exact) mass is 458 g/mol. The number of carbonyl (C=O) groups is 1. The first-order chi connectivity index (χ1) is 16.0. The molecule has 1 amide bonds. The minimum absolute atomic E-state index is 0.108. The van der Waals surface area contributed by atoms with Crippen LogP contribution in [0.25, 0.3) is 17.0 Å². The van der Waals surface area contributed by atoms with Crippen molar-refractivity contribution in [1.82, 2.24) is 10.3 Å². The first-order valence-electron chi connectivity index (χ1n) is 10.4. The molecule has 3 aromatic rings. The van der Waals surface area contributed by atoms with Crippen LogP contribution in [0.2, 0.25) is 0 Å². The van der Waals surface area contributed by atoms with Gasteiger partial charge in [-0.1, -0.05) is 36.4 Å². The molecule has 0 radical (unpaired) electrons. The van der Waals surface area contributed by atoms with Gasteiger partial charge in [-0.05, 0) is 54.9 Å². The fraction of sp³-hybridized carbons (Fsp3) is 0.200. The number of nitrogens with zero attached hydrogens (tertiary/aromatic N) is 3. The van der Waals surface area contributed by atoms with Gasteiger partial charge >= 0.3 is 0 Å². The van der Waals surface area contributed by atoms with E-state index in [1.807, 2.05) is 62.4 Å². The lowest BCUT2D eigenvalue weighted by atomic mass is 10.1. The number of pyridine rings is 1. The minimum Gasteiger partial charge on any atom is -0.489 e. The van der Waals surface area contributed by atoms with Crippen molar-refractivity contribution in [1.29, 1.82) is 5.26 Å². The van der Waals surface area contributed by atoms with Crippen molar-refractivity contribution in [2.45, 2.75) is 26.0 Å². The average molecular weight is 459 g/mol. The standard InChI is InChI=1S/C25H22N4O3S/c1-15(2)32-23-18(12-26)13-27-20-9-8-16(10-19(20)23)11-22-24(31)29-25(33-22)28-21(14-30)17-6-4-3-5-7-17/h3-11,13,15,21,30H,14H2,1-2H3,(H,28,29,31)/b22-11-/t21-/m0/s1. The molecule has 1 atom stereocenters. The topological polar surface area (TPSA) is 108 Å². The number of carbonyl (C=O) groups excluding carboxylic acids is 1. The fourth-order valence-corrected chi connectivity index (χ4v) is 4.27. The summed E-state index contributed by atoms with van der Waals surface area (Å²) >= 11 is 1.22. The number of aliphatic hydroxyl groups excluding tert-OH is 1. The Morgan fingerprint density at radius 2 is 2.06 bits per heavy atom. The van der Waals surface area contributed by atoms with Crippen molar-refractivity contribution in [2.24, 2.45) is 4.99 Å². The van der Waals surface area contributed by atoms with E-state index in [4.69, 9.17) is 4.74 Å². The van der Waals surface area contributed by atoms with Crippen molar-refractivity contribution >= 4 is 39.8 Å². The molecule has 0 spiro atoms. The Morgan fingerprint density at radius 3 is 2.76 bits per heavy atom. The normalized spacial score (nSPS) is 16.9. The van der Waals surface area contributed by atoms with E-state index < -0.39 is 6.04 Å². The Hall–Kier alpha value is -3.67. The van der Waals surface area contributed by atoms with Crippen LogP contribution in [0.5, 0.6) is 5.75 Å². The maximum absolute atomic E-state index is 12.5. The predicted octanol–water partition coefficient (Wildman–Crippen LogP) is 4.19. The summed E-state index contributed by atoms with van der Waals surface area (Å²) in [5, 5.41) is 23.1. The molecule has 1 saturated heterocycles. The zero-order valence-electron chi connectivity index (χ0n) is 18.1. The van der Waals surface area contributed by atoms with Gasteiger partial charge in [0.2, 0.25) is 0 Å². The lowest BCUT2D eigenvalue weighted by molar-refractivity contribution is -0.115. The number of ether oxygens (including phenoxy) is 1. The number of fused-ring (bicyclic) bond motifs is 1. The third-order valence-electron chi connectivity index (χ3n) is 4.90. The van der Waals surface area contributed by atoms with E-state index in [2.05, 4.69) is 21.4 Å². The molecule has 1 aliphatic rings. The number of aliphatic imine (C=N–C) groups is 1. The number of nitrogens with one attached hydrogen (secondary N) is 1. The summed E-state index contributed by atoms with van der Waals surface area (Å²) in [5.74, 6) is 0.225. The number of aromatic nitrogens is 1. The number of aliphatic hydroxyl groups is 1. The van der Waals surface area contributed by atoms with E-state index in [0.717, 1.165) is 11.1 Å². The van der Waals surface area contributed by atoms with Crippen LogP contribution in [0.4, 0.5) is 0 Å².